The first-order chi connectivity index (χ1) is 6.36. The Labute approximate surface area is 80.9 Å². The standard InChI is InChI=1S/C11H20O2/c1-3-5-6-7-10-8-9-12-11(4-2)13-10/h5-6,10-11H,3-4,7-9H2,1-2H3/b6-5-. The molecule has 0 radical (unpaired) electrons. The normalized spacial score (nSPS) is 29.7. The monoisotopic (exact) mass is 184 g/mol. The molecule has 0 saturated carbocycles. The summed E-state index contributed by atoms with van der Waals surface area (Å²) in [6, 6.07) is 0. The van der Waals surface area contributed by atoms with Crippen molar-refractivity contribution in [3.8, 4) is 0 Å². The SMILES string of the molecule is CC/C=C\CC1CCOC(CC)O1. The maximum absolute atomic E-state index is 5.71. The quantitative estimate of drug-likeness (QED) is 0.625. The summed E-state index contributed by atoms with van der Waals surface area (Å²) in [6.45, 7) is 5.09. The number of hydrogen-bond acceptors (Lipinski definition) is 2. The summed E-state index contributed by atoms with van der Waals surface area (Å²) in [5, 5.41) is 0. The fourth-order valence-electron chi connectivity index (χ4n) is 1.46. The molecule has 0 N–H and O–H groups in total. The highest BCUT2D eigenvalue weighted by molar-refractivity contribution is 4.84. The summed E-state index contributed by atoms with van der Waals surface area (Å²) in [6.07, 6.45) is 8.95. The third-order valence-electron chi connectivity index (χ3n) is 2.22. The average molecular weight is 184 g/mol. The molecular formula is C11H20O2. The second-order valence-electron chi connectivity index (χ2n) is 3.37. The molecule has 0 spiro atoms. The van der Waals surface area contributed by atoms with Gasteiger partial charge in [0.15, 0.2) is 6.29 Å². The third-order valence-corrected chi connectivity index (χ3v) is 2.22. The van der Waals surface area contributed by atoms with Gasteiger partial charge in [-0.25, -0.2) is 0 Å². The largest absolute Gasteiger partial charge is 0.353 e. The Hall–Kier alpha value is -0.340. The van der Waals surface area contributed by atoms with Crippen LogP contribution in [0.3, 0.4) is 0 Å². The van der Waals surface area contributed by atoms with Crippen LogP contribution < -0.4 is 0 Å². The van der Waals surface area contributed by atoms with Crippen LogP contribution in [0.5, 0.6) is 0 Å². The highest BCUT2D eigenvalue weighted by Crippen LogP contribution is 2.17. The van der Waals surface area contributed by atoms with Gasteiger partial charge in [0.25, 0.3) is 0 Å². The highest BCUT2D eigenvalue weighted by Gasteiger charge is 2.19. The average Bonchev–Trinajstić information content (AvgIpc) is 2.19. The molecular weight excluding hydrogens is 164 g/mol. The maximum Gasteiger partial charge on any atom is 0.157 e. The number of ether oxygens (including phenoxy) is 2. The fourth-order valence-corrected chi connectivity index (χ4v) is 1.46. The predicted octanol–water partition coefficient (Wildman–Crippen LogP) is 2.88. The van der Waals surface area contributed by atoms with Crippen LogP contribution in [-0.2, 0) is 9.47 Å². The minimum Gasteiger partial charge on any atom is -0.353 e. The summed E-state index contributed by atoms with van der Waals surface area (Å²) in [4.78, 5) is 0. The Bertz CT molecular complexity index is 154. The van der Waals surface area contributed by atoms with Crippen LogP contribution in [0.1, 0.15) is 39.5 Å². The van der Waals surface area contributed by atoms with Crippen molar-refractivity contribution >= 4 is 0 Å². The molecule has 0 aliphatic carbocycles. The summed E-state index contributed by atoms with van der Waals surface area (Å²) >= 11 is 0. The van der Waals surface area contributed by atoms with E-state index in [0.29, 0.717) is 6.10 Å². The van der Waals surface area contributed by atoms with Crippen molar-refractivity contribution in [2.45, 2.75) is 51.9 Å². The van der Waals surface area contributed by atoms with Crippen molar-refractivity contribution in [3.05, 3.63) is 12.2 Å². The fraction of sp³-hybridized carbons (Fsp3) is 0.818. The Kier molecular flexibility index (Phi) is 5.09. The van der Waals surface area contributed by atoms with Crippen molar-refractivity contribution in [3.63, 3.8) is 0 Å². The molecule has 0 aromatic heterocycles. The predicted molar refractivity (Wildman–Crippen MR) is 53.6 cm³/mol. The molecule has 1 saturated heterocycles. The lowest BCUT2D eigenvalue weighted by atomic mass is 10.1. The zero-order chi connectivity index (χ0) is 9.52. The van der Waals surface area contributed by atoms with E-state index in [0.717, 1.165) is 32.3 Å². The summed E-state index contributed by atoms with van der Waals surface area (Å²) in [5.74, 6) is 0. The first kappa shape index (κ1) is 10.7. The molecule has 76 valence electrons. The van der Waals surface area contributed by atoms with E-state index in [2.05, 4.69) is 26.0 Å². The van der Waals surface area contributed by atoms with Crippen LogP contribution in [0.2, 0.25) is 0 Å². The second kappa shape index (κ2) is 6.17. The Morgan fingerprint density at radius 2 is 2.15 bits per heavy atom. The van der Waals surface area contributed by atoms with Crippen LogP contribution in [0.4, 0.5) is 0 Å². The first-order valence-electron chi connectivity index (χ1n) is 5.28. The van der Waals surface area contributed by atoms with Gasteiger partial charge in [0.1, 0.15) is 0 Å². The van der Waals surface area contributed by atoms with Gasteiger partial charge in [0, 0.05) is 0 Å². The van der Waals surface area contributed by atoms with Crippen molar-refractivity contribution in [1.82, 2.24) is 0 Å². The van der Waals surface area contributed by atoms with E-state index in [-0.39, 0.29) is 6.29 Å². The minimum atomic E-state index is 0.0359. The van der Waals surface area contributed by atoms with E-state index in [1.807, 2.05) is 0 Å². The third kappa shape index (κ3) is 3.92. The van der Waals surface area contributed by atoms with Gasteiger partial charge in [0.2, 0.25) is 0 Å². The molecule has 1 heterocycles. The van der Waals surface area contributed by atoms with E-state index in [9.17, 15) is 0 Å². The number of hydrogen-bond donors (Lipinski definition) is 0. The first-order valence-corrected chi connectivity index (χ1v) is 5.28. The Morgan fingerprint density at radius 1 is 1.31 bits per heavy atom. The molecule has 2 atom stereocenters. The molecule has 0 amide bonds. The van der Waals surface area contributed by atoms with E-state index in [4.69, 9.17) is 9.47 Å². The molecule has 1 aliphatic rings. The summed E-state index contributed by atoms with van der Waals surface area (Å²) in [7, 11) is 0. The molecule has 1 aliphatic heterocycles. The van der Waals surface area contributed by atoms with Crippen molar-refractivity contribution in [2.24, 2.45) is 0 Å². The Morgan fingerprint density at radius 3 is 2.85 bits per heavy atom. The molecule has 13 heavy (non-hydrogen) atoms. The summed E-state index contributed by atoms with van der Waals surface area (Å²) in [5.41, 5.74) is 0. The zero-order valence-corrected chi connectivity index (χ0v) is 8.66. The van der Waals surface area contributed by atoms with Crippen LogP contribution in [-0.4, -0.2) is 19.0 Å². The zero-order valence-electron chi connectivity index (χ0n) is 8.66. The molecule has 0 aromatic rings. The molecule has 0 bridgehead atoms. The molecule has 1 rings (SSSR count). The van der Waals surface area contributed by atoms with Gasteiger partial charge in [-0.3, -0.25) is 0 Å². The lowest BCUT2D eigenvalue weighted by Crippen LogP contribution is -2.31. The van der Waals surface area contributed by atoms with Gasteiger partial charge in [-0.05, 0) is 25.7 Å². The van der Waals surface area contributed by atoms with E-state index >= 15 is 0 Å². The van der Waals surface area contributed by atoms with Gasteiger partial charge >= 0.3 is 0 Å². The van der Waals surface area contributed by atoms with E-state index in [1.165, 1.54) is 0 Å². The van der Waals surface area contributed by atoms with Crippen LogP contribution in [0, 0.1) is 0 Å². The topological polar surface area (TPSA) is 18.5 Å². The Balaban J connectivity index is 2.21. The van der Waals surface area contributed by atoms with Gasteiger partial charge in [-0.1, -0.05) is 26.0 Å². The molecule has 2 nitrogen and oxygen atoms in total. The van der Waals surface area contributed by atoms with Gasteiger partial charge in [0.05, 0.1) is 12.7 Å². The van der Waals surface area contributed by atoms with Crippen LogP contribution in [0.15, 0.2) is 12.2 Å². The lowest BCUT2D eigenvalue weighted by Gasteiger charge is -2.29. The maximum atomic E-state index is 5.71. The molecule has 2 unspecified atom stereocenters. The van der Waals surface area contributed by atoms with E-state index < -0.39 is 0 Å². The van der Waals surface area contributed by atoms with Gasteiger partial charge in [-0.2, -0.15) is 0 Å². The number of rotatable bonds is 4. The molecule has 0 aromatic carbocycles. The van der Waals surface area contributed by atoms with Crippen LogP contribution in [0.25, 0.3) is 0 Å². The second-order valence-corrected chi connectivity index (χ2v) is 3.37. The van der Waals surface area contributed by atoms with Crippen molar-refractivity contribution < 1.29 is 9.47 Å². The van der Waals surface area contributed by atoms with Gasteiger partial charge < -0.3 is 9.47 Å². The lowest BCUT2D eigenvalue weighted by molar-refractivity contribution is -0.211. The summed E-state index contributed by atoms with van der Waals surface area (Å²) < 4.78 is 11.1. The van der Waals surface area contributed by atoms with Gasteiger partial charge in [-0.15, -0.1) is 0 Å². The smallest absolute Gasteiger partial charge is 0.157 e. The van der Waals surface area contributed by atoms with Crippen LogP contribution >= 0.6 is 0 Å². The molecule has 1 fully saturated rings. The number of allylic oxidation sites excluding steroid dienone is 1. The highest BCUT2D eigenvalue weighted by atomic mass is 16.7. The minimum absolute atomic E-state index is 0.0359. The van der Waals surface area contributed by atoms with E-state index in [1.54, 1.807) is 0 Å². The van der Waals surface area contributed by atoms with Crippen molar-refractivity contribution in [2.75, 3.05) is 6.61 Å². The molecule has 2 heteroatoms. The van der Waals surface area contributed by atoms with Crippen molar-refractivity contribution in [1.29, 1.82) is 0 Å².